The van der Waals surface area contributed by atoms with Gasteiger partial charge < -0.3 is 18.9 Å². The van der Waals surface area contributed by atoms with Crippen molar-refractivity contribution in [2.45, 2.75) is 0 Å². The highest BCUT2D eigenvalue weighted by Gasteiger charge is 2.23. The number of hydrogen-bond donors (Lipinski definition) is 0. The lowest BCUT2D eigenvalue weighted by molar-refractivity contribution is 1.18. The zero-order valence-corrected chi connectivity index (χ0v) is 41.6. The molecule has 0 aliphatic rings. The minimum atomic E-state index is 1.09. The van der Waals surface area contributed by atoms with Gasteiger partial charge in [-0.15, -0.1) is 11.3 Å². The van der Waals surface area contributed by atoms with Gasteiger partial charge >= 0.3 is 0 Å². The first-order valence-corrected chi connectivity index (χ1v) is 26.4. The van der Waals surface area contributed by atoms with Gasteiger partial charge in [0.2, 0.25) is 0 Å². The molecule has 0 unspecified atom stereocenters. The zero-order chi connectivity index (χ0) is 49.4. The highest BCUT2D eigenvalue weighted by Crippen LogP contribution is 2.47. The average Bonchev–Trinajstić information content (AvgIpc) is 4.24. The van der Waals surface area contributed by atoms with E-state index in [9.17, 15) is 0 Å². The molecule has 0 N–H and O–H groups in total. The molecule has 5 heteroatoms. The van der Waals surface area contributed by atoms with Crippen molar-refractivity contribution < 1.29 is 0 Å². The van der Waals surface area contributed by atoms with Gasteiger partial charge in [0.05, 0.1) is 32.5 Å². The van der Waals surface area contributed by atoms with Crippen LogP contribution in [0.15, 0.2) is 278 Å². The van der Waals surface area contributed by atoms with Crippen molar-refractivity contribution in [3.63, 3.8) is 0 Å². The Labute approximate surface area is 438 Å². The fourth-order valence-corrected chi connectivity index (χ4v) is 12.6. The molecule has 0 atom stereocenters. The Morgan fingerprint density at radius 1 is 0.280 bits per heavy atom. The zero-order valence-electron chi connectivity index (χ0n) is 40.8. The van der Waals surface area contributed by atoms with Crippen LogP contribution in [0.1, 0.15) is 0 Å². The Kier molecular flexibility index (Phi) is 10.0. The number of fused-ring (bicyclic) bond motifs is 9. The van der Waals surface area contributed by atoms with Crippen LogP contribution in [0, 0.1) is 0 Å². The summed E-state index contributed by atoms with van der Waals surface area (Å²) in [4.78, 5) is 4.87. The third-order valence-electron chi connectivity index (χ3n) is 15.1. The minimum absolute atomic E-state index is 1.09. The molecule has 0 radical (unpaired) electrons. The molecule has 75 heavy (non-hydrogen) atoms. The van der Waals surface area contributed by atoms with Gasteiger partial charge in [0.25, 0.3) is 0 Å². The van der Waals surface area contributed by atoms with Gasteiger partial charge in [-0.05, 0) is 159 Å². The lowest BCUT2D eigenvalue weighted by atomic mass is 9.99. The average molecular weight is 975 g/mol. The van der Waals surface area contributed by atoms with Gasteiger partial charge in [0.15, 0.2) is 0 Å². The summed E-state index contributed by atoms with van der Waals surface area (Å²) >= 11 is 1.80. The number of hydrogen-bond acceptors (Lipinski definition) is 3. The Bertz CT molecular complexity index is 4660. The minimum Gasteiger partial charge on any atom is -0.310 e. The maximum Gasteiger partial charge on any atom is 0.0640 e. The molecule has 15 aromatic rings. The van der Waals surface area contributed by atoms with Crippen molar-refractivity contribution in [1.29, 1.82) is 0 Å². The summed E-state index contributed by atoms with van der Waals surface area (Å²) in [6.45, 7) is 0. The van der Waals surface area contributed by atoms with E-state index in [1.165, 1.54) is 86.4 Å². The molecule has 0 saturated heterocycles. The number of para-hydroxylation sites is 4. The van der Waals surface area contributed by atoms with Crippen LogP contribution in [0.2, 0.25) is 0 Å². The molecule has 12 aromatic carbocycles. The van der Waals surface area contributed by atoms with Crippen molar-refractivity contribution >= 4 is 121 Å². The molecule has 0 amide bonds. The molecule has 0 aliphatic carbocycles. The Morgan fingerprint density at radius 3 is 1.29 bits per heavy atom. The van der Waals surface area contributed by atoms with Gasteiger partial charge in [-0.2, -0.15) is 0 Å². The summed E-state index contributed by atoms with van der Waals surface area (Å²) in [5.41, 5.74) is 16.1. The molecule has 352 valence electrons. The first-order chi connectivity index (χ1) is 37.2. The third kappa shape index (κ3) is 7.12. The van der Waals surface area contributed by atoms with Crippen LogP contribution in [0.3, 0.4) is 0 Å². The Morgan fingerprint density at radius 2 is 0.720 bits per heavy atom. The first kappa shape index (κ1) is 43.0. The van der Waals surface area contributed by atoms with Crippen LogP contribution in [0.25, 0.3) is 97.7 Å². The normalized spacial score (nSPS) is 11.7. The van der Waals surface area contributed by atoms with E-state index in [0.717, 1.165) is 45.5 Å². The molecule has 0 aliphatic heterocycles. The van der Waals surface area contributed by atoms with Crippen molar-refractivity contribution in [2.75, 3.05) is 9.80 Å². The fourth-order valence-electron chi connectivity index (χ4n) is 11.7. The third-order valence-corrected chi connectivity index (χ3v) is 16.1. The van der Waals surface area contributed by atoms with E-state index in [1.807, 2.05) is 0 Å². The van der Waals surface area contributed by atoms with Crippen LogP contribution in [0.4, 0.5) is 34.1 Å². The van der Waals surface area contributed by atoms with Gasteiger partial charge in [-0.3, -0.25) is 0 Å². The fraction of sp³-hybridized carbons (Fsp3) is 0. The molecule has 4 nitrogen and oxygen atoms in total. The second-order valence-corrected chi connectivity index (χ2v) is 20.3. The van der Waals surface area contributed by atoms with Gasteiger partial charge in [0, 0.05) is 66.7 Å². The summed E-state index contributed by atoms with van der Waals surface area (Å²) < 4.78 is 6.00. The quantitative estimate of drug-likeness (QED) is 0.143. The van der Waals surface area contributed by atoms with E-state index in [1.54, 1.807) is 11.3 Å². The summed E-state index contributed by atoms with van der Waals surface area (Å²) in [5, 5.41) is 13.2. The molecule has 0 spiro atoms. The Balaban J connectivity index is 0.860. The molecule has 0 bridgehead atoms. The first-order valence-electron chi connectivity index (χ1n) is 25.6. The van der Waals surface area contributed by atoms with Crippen LogP contribution in [0.5, 0.6) is 0 Å². The SMILES string of the molecule is c1ccc(-n2c3ccccc3c3cc(N(c4ccc(-c5ccc(N(c6ccc7ccccc7c6)c6ccc7c(c6)c6ccccc6n7-c6ccccc6)c6sccc56)cc4)c4ccc5ccccc5c4)ccc32)cc1. The summed E-state index contributed by atoms with van der Waals surface area (Å²) in [6, 6.07) is 99.9. The molecular weight excluding hydrogens is 929 g/mol. The largest absolute Gasteiger partial charge is 0.310 e. The highest BCUT2D eigenvalue weighted by molar-refractivity contribution is 7.18. The predicted molar refractivity (Wildman–Crippen MR) is 320 cm³/mol. The van der Waals surface area contributed by atoms with Crippen molar-refractivity contribution in [3.05, 3.63) is 278 Å². The number of anilines is 6. The second kappa shape index (κ2) is 17.5. The predicted octanol–water partition coefficient (Wildman–Crippen LogP) is 20.0. The lowest BCUT2D eigenvalue weighted by Crippen LogP contribution is -2.10. The maximum atomic E-state index is 2.46. The number of benzene rings is 12. The van der Waals surface area contributed by atoms with Crippen LogP contribution in [-0.2, 0) is 0 Å². The number of thiophene rings is 1. The van der Waals surface area contributed by atoms with Crippen LogP contribution in [-0.4, -0.2) is 9.13 Å². The number of aromatic nitrogens is 2. The van der Waals surface area contributed by atoms with Crippen molar-refractivity contribution in [1.82, 2.24) is 9.13 Å². The molecule has 0 saturated carbocycles. The van der Waals surface area contributed by atoms with Crippen molar-refractivity contribution in [3.8, 4) is 22.5 Å². The topological polar surface area (TPSA) is 16.3 Å². The maximum absolute atomic E-state index is 2.46. The number of nitrogens with zero attached hydrogens (tertiary/aromatic N) is 4. The van der Waals surface area contributed by atoms with Gasteiger partial charge in [-0.25, -0.2) is 0 Å². The summed E-state index contributed by atoms with van der Waals surface area (Å²) in [5.74, 6) is 0. The van der Waals surface area contributed by atoms with E-state index in [0.29, 0.717) is 0 Å². The van der Waals surface area contributed by atoms with Crippen LogP contribution < -0.4 is 9.80 Å². The van der Waals surface area contributed by atoms with E-state index in [2.05, 4.69) is 297 Å². The second-order valence-electron chi connectivity index (χ2n) is 19.4. The highest BCUT2D eigenvalue weighted by atomic mass is 32.1. The van der Waals surface area contributed by atoms with Crippen LogP contribution >= 0.6 is 11.3 Å². The standard InChI is InChI=1S/C70H46N4S/c1-3-19-52(20-4-1)73-65-25-13-11-23-60(65)63-45-57(35-38-67(63)73)71(55-33-27-47-15-7-9-17-50(47)43-55)54-31-29-49(30-32-54)59-37-40-69(70-62(59)41-42-75-70)72(56-34-28-48-16-8-10-18-51(48)44-56)58-36-39-68-64(46-58)61-24-12-14-26-66(61)74(68)53-21-5-2-6-22-53/h1-46H. The van der Waals surface area contributed by atoms with Gasteiger partial charge in [0.1, 0.15) is 0 Å². The molecule has 3 heterocycles. The molecule has 0 fully saturated rings. The Hall–Kier alpha value is -9.68. The van der Waals surface area contributed by atoms with Crippen molar-refractivity contribution in [2.24, 2.45) is 0 Å². The monoisotopic (exact) mass is 974 g/mol. The summed E-state index contributed by atoms with van der Waals surface area (Å²) in [6.07, 6.45) is 0. The molecule has 3 aromatic heterocycles. The lowest BCUT2D eigenvalue weighted by Gasteiger charge is -2.27. The van der Waals surface area contributed by atoms with Gasteiger partial charge in [-0.1, -0.05) is 152 Å². The van der Waals surface area contributed by atoms with E-state index in [-0.39, 0.29) is 0 Å². The van der Waals surface area contributed by atoms with E-state index < -0.39 is 0 Å². The molecular formula is C70H46N4S. The molecule has 15 rings (SSSR count). The van der Waals surface area contributed by atoms with E-state index in [4.69, 9.17) is 0 Å². The van der Waals surface area contributed by atoms with E-state index >= 15 is 0 Å². The number of rotatable bonds is 9. The smallest absolute Gasteiger partial charge is 0.0640 e. The summed E-state index contributed by atoms with van der Waals surface area (Å²) in [7, 11) is 0.